The summed E-state index contributed by atoms with van der Waals surface area (Å²) in [6, 6.07) is 11.9. The lowest BCUT2D eigenvalue weighted by Crippen LogP contribution is -2.44. The van der Waals surface area contributed by atoms with Gasteiger partial charge in [-0.3, -0.25) is 4.90 Å². The molecule has 0 atom stereocenters. The minimum Gasteiger partial charge on any atom is -0.507 e. The summed E-state index contributed by atoms with van der Waals surface area (Å²) in [4.78, 5) is 3.76. The minimum absolute atomic E-state index is 0.368. The fourth-order valence-corrected chi connectivity index (χ4v) is 3.67. The number of hydrogen-bond acceptors (Lipinski definition) is 4. The Labute approximate surface area is 124 Å². The number of hydrogen-bond donors (Lipinski definition) is 2. The minimum atomic E-state index is 0.368. The van der Waals surface area contributed by atoms with Crippen molar-refractivity contribution in [2.24, 2.45) is 0 Å². The monoisotopic (exact) mass is 288 g/mol. The normalized spacial score (nSPS) is 16.6. The molecule has 3 nitrogen and oxygen atoms in total. The molecule has 0 bridgehead atoms. The van der Waals surface area contributed by atoms with Crippen LogP contribution in [-0.2, 0) is 0 Å². The Morgan fingerprint density at radius 2 is 1.80 bits per heavy atom. The number of nitrogens with zero attached hydrogens (tertiary/aromatic N) is 1. The molecule has 4 heteroatoms. The number of benzene rings is 2. The number of rotatable bonds is 4. The summed E-state index contributed by atoms with van der Waals surface area (Å²) in [6.07, 6.45) is 0. The highest BCUT2D eigenvalue weighted by molar-refractivity contribution is 7.99. The first-order valence-electron chi connectivity index (χ1n) is 7.11. The molecule has 1 fully saturated rings. The van der Waals surface area contributed by atoms with Crippen molar-refractivity contribution in [3.05, 3.63) is 36.4 Å². The van der Waals surface area contributed by atoms with Crippen LogP contribution in [0.25, 0.3) is 10.8 Å². The molecule has 2 N–H and O–H groups in total. The predicted octanol–water partition coefficient (Wildman–Crippen LogP) is 2.54. The first-order valence-corrected chi connectivity index (χ1v) is 8.10. The van der Waals surface area contributed by atoms with Gasteiger partial charge >= 0.3 is 0 Å². The van der Waals surface area contributed by atoms with Crippen LogP contribution in [0.2, 0.25) is 0 Å². The van der Waals surface area contributed by atoms with E-state index >= 15 is 0 Å². The van der Waals surface area contributed by atoms with Crippen LogP contribution in [0.4, 0.5) is 0 Å². The molecule has 0 aliphatic carbocycles. The number of phenols is 1. The Morgan fingerprint density at radius 3 is 2.60 bits per heavy atom. The molecular weight excluding hydrogens is 268 g/mol. The first-order chi connectivity index (χ1) is 9.84. The molecule has 0 spiro atoms. The van der Waals surface area contributed by atoms with Crippen molar-refractivity contribution in [1.29, 1.82) is 0 Å². The zero-order chi connectivity index (χ0) is 13.8. The van der Waals surface area contributed by atoms with Gasteiger partial charge in [-0.1, -0.05) is 24.3 Å². The van der Waals surface area contributed by atoms with E-state index in [4.69, 9.17) is 0 Å². The number of piperazine rings is 1. The zero-order valence-electron chi connectivity index (χ0n) is 11.5. The van der Waals surface area contributed by atoms with Gasteiger partial charge in [0.05, 0.1) is 0 Å². The third-order valence-corrected chi connectivity index (χ3v) is 4.79. The number of aromatic hydroxyl groups is 1. The Balaban J connectivity index is 1.67. The van der Waals surface area contributed by atoms with Crippen LogP contribution < -0.4 is 5.32 Å². The van der Waals surface area contributed by atoms with E-state index < -0.39 is 0 Å². The van der Waals surface area contributed by atoms with Crippen LogP contribution in [0, 0.1) is 0 Å². The van der Waals surface area contributed by atoms with E-state index in [1.54, 1.807) is 6.07 Å². The van der Waals surface area contributed by atoms with Gasteiger partial charge in [0.2, 0.25) is 0 Å². The van der Waals surface area contributed by atoms with Crippen LogP contribution in [0.3, 0.4) is 0 Å². The maximum Gasteiger partial charge on any atom is 0.123 e. The van der Waals surface area contributed by atoms with Gasteiger partial charge in [0.15, 0.2) is 0 Å². The predicted molar refractivity (Wildman–Crippen MR) is 85.6 cm³/mol. The summed E-state index contributed by atoms with van der Waals surface area (Å²) in [5, 5.41) is 15.4. The van der Waals surface area contributed by atoms with Gasteiger partial charge in [-0.05, 0) is 17.5 Å². The highest BCUT2D eigenvalue weighted by atomic mass is 32.2. The van der Waals surface area contributed by atoms with Crippen LogP contribution in [0.5, 0.6) is 5.75 Å². The van der Waals surface area contributed by atoms with E-state index in [1.807, 2.05) is 36.0 Å². The van der Waals surface area contributed by atoms with Gasteiger partial charge in [-0.15, -0.1) is 11.8 Å². The second-order valence-corrected chi connectivity index (χ2v) is 6.21. The topological polar surface area (TPSA) is 35.5 Å². The Bertz CT molecular complexity index is 582. The molecule has 2 aromatic rings. The van der Waals surface area contributed by atoms with Crippen LogP contribution in [0.15, 0.2) is 41.3 Å². The lowest BCUT2D eigenvalue weighted by molar-refractivity contribution is 0.255. The summed E-state index contributed by atoms with van der Waals surface area (Å²) in [5.74, 6) is 1.46. The number of fused-ring (bicyclic) bond motifs is 1. The summed E-state index contributed by atoms with van der Waals surface area (Å²) in [6.45, 7) is 5.63. The largest absolute Gasteiger partial charge is 0.507 e. The van der Waals surface area contributed by atoms with E-state index in [2.05, 4.69) is 16.3 Å². The van der Waals surface area contributed by atoms with Gasteiger partial charge in [-0.25, -0.2) is 0 Å². The third-order valence-electron chi connectivity index (χ3n) is 3.74. The smallest absolute Gasteiger partial charge is 0.123 e. The maximum atomic E-state index is 9.90. The van der Waals surface area contributed by atoms with E-state index in [-0.39, 0.29) is 0 Å². The van der Waals surface area contributed by atoms with Crippen molar-refractivity contribution in [2.75, 3.05) is 38.5 Å². The fraction of sp³-hybridized carbons (Fsp3) is 0.375. The summed E-state index contributed by atoms with van der Waals surface area (Å²) in [5.41, 5.74) is 0. The molecule has 1 heterocycles. The molecule has 0 saturated carbocycles. The lowest BCUT2D eigenvalue weighted by Gasteiger charge is -2.26. The summed E-state index contributed by atoms with van der Waals surface area (Å²) in [7, 11) is 0. The lowest BCUT2D eigenvalue weighted by atomic mass is 10.1. The second-order valence-electron chi connectivity index (χ2n) is 5.07. The van der Waals surface area contributed by atoms with E-state index in [0.717, 1.165) is 49.2 Å². The first kappa shape index (κ1) is 13.7. The van der Waals surface area contributed by atoms with Gasteiger partial charge in [0.1, 0.15) is 5.75 Å². The van der Waals surface area contributed by atoms with Gasteiger partial charge in [0, 0.05) is 48.8 Å². The third kappa shape index (κ3) is 3.08. The molecule has 20 heavy (non-hydrogen) atoms. The average Bonchev–Trinajstić information content (AvgIpc) is 2.51. The van der Waals surface area contributed by atoms with E-state index in [0.29, 0.717) is 5.75 Å². The number of nitrogens with one attached hydrogen (secondary N) is 1. The standard InChI is InChI=1S/C16H20N2OS/c19-15-5-6-16(14-4-2-1-3-13(14)15)20-12-11-18-9-7-17-8-10-18/h1-6,17,19H,7-12H2. The van der Waals surface area contributed by atoms with Crippen molar-refractivity contribution in [3.8, 4) is 5.75 Å². The van der Waals surface area contributed by atoms with Crippen molar-refractivity contribution in [3.63, 3.8) is 0 Å². The SMILES string of the molecule is Oc1ccc(SCCN2CCNCC2)c2ccccc12. The Kier molecular flexibility index (Phi) is 4.45. The Morgan fingerprint density at radius 1 is 1.05 bits per heavy atom. The summed E-state index contributed by atoms with van der Waals surface area (Å²) < 4.78 is 0. The van der Waals surface area contributed by atoms with Gasteiger partial charge in [-0.2, -0.15) is 0 Å². The van der Waals surface area contributed by atoms with Crippen molar-refractivity contribution < 1.29 is 5.11 Å². The quantitative estimate of drug-likeness (QED) is 0.848. The van der Waals surface area contributed by atoms with Crippen molar-refractivity contribution in [1.82, 2.24) is 10.2 Å². The van der Waals surface area contributed by atoms with E-state index in [9.17, 15) is 5.11 Å². The molecule has 2 aromatic carbocycles. The summed E-state index contributed by atoms with van der Waals surface area (Å²) >= 11 is 1.88. The molecular formula is C16H20N2OS. The average molecular weight is 288 g/mol. The van der Waals surface area contributed by atoms with Crippen molar-refractivity contribution in [2.45, 2.75) is 4.90 Å². The number of thioether (sulfide) groups is 1. The zero-order valence-corrected chi connectivity index (χ0v) is 12.3. The maximum absolute atomic E-state index is 9.90. The molecule has 106 valence electrons. The molecule has 0 amide bonds. The highest BCUT2D eigenvalue weighted by Crippen LogP contribution is 2.33. The van der Waals surface area contributed by atoms with Crippen molar-refractivity contribution >= 4 is 22.5 Å². The highest BCUT2D eigenvalue weighted by Gasteiger charge is 2.10. The molecule has 1 aliphatic rings. The molecule has 1 aliphatic heterocycles. The van der Waals surface area contributed by atoms with Gasteiger partial charge < -0.3 is 10.4 Å². The second kappa shape index (κ2) is 6.48. The molecule has 0 aromatic heterocycles. The van der Waals surface area contributed by atoms with Crippen LogP contribution >= 0.6 is 11.8 Å². The van der Waals surface area contributed by atoms with Crippen LogP contribution in [-0.4, -0.2) is 48.5 Å². The van der Waals surface area contributed by atoms with E-state index in [1.165, 1.54) is 4.90 Å². The van der Waals surface area contributed by atoms with Gasteiger partial charge in [0.25, 0.3) is 0 Å². The fourth-order valence-electron chi connectivity index (χ4n) is 2.60. The Hall–Kier alpha value is -1.23. The number of phenolic OH excluding ortho intramolecular Hbond substituents is 1. The molecule has 3 rings (SSSR count). The molecule has 1 saturated heterocycles. The van der Waals surface area contributed by atoms with Crippen LogP contribution in [0.1, 0.15) is 0 Å². The molecule has 0 radical (unpaired) electrons. The molecule has 0 unspecified atom stereocenters.